The standard InChI is InChI=1S/C13H25N3O/c1-2-3-10-5-7-16(9-10)11-4-6-13(15,8-11)12(14)17/h10-11H,2-9,15H2,1H3,(H2,14,17). The smallest absolute Gasteiger partial charge is 0.237 e. The van der Waals surface area contributed by atoms with Crippen LogP contribution in [0.2, 0.25) is 0 Å². The molecule has 0 bridgehead atoms. The van der Waals surface area contributed by atoms with E-state index in [2.05, 4.69) is 11.8 Å². The number of carbonyl (C=O) groups excluding carboxylic acids is 1. The summed E-state index contributed by atoms with van der Waals surface area (Å²) in [4.78, 5) is 13.9. The topological polar surface area (TPSA) is 72.3 Å². The summed E-state index contributed by atoms with van der Waals surface area (Å²) in [5, 5.41) is 0. The van der Waals surface area contributed by atoms with Gasteiger partial charge in [-0.2, -0.15) is 0 Å². The number of nitrogens with zero attached hydrogens (tertiary/aromatic N) is 1. The molecular weight excluding hydrogens is 214 g/mol. The highest BCUT2D eigenvalue weighted by atomic mass is 16.1. The molecule has 0 spiro atoms. The van der Waals surface area contributed by atoms with Crippen LogP contribution in [-0.2, 0) is 4.79 Å². The van der Waals surface area contributed by atoms with Crippen molar-refractivity contribution in [2.45, 2.75) is 57.0 Å². The van der Waals surface area contributed by atoms with E-state index in [1.165, 1.54) is 32.4 Å². The number of hydrogen-bond donors (Lipinski definition) is 2. The van der Waals surface area contributed by atoms with Gasteiger partial charge in [0.2, 0.25) is 5.91 Å². The fourth-order valence-corrected chi connectivity index (χ4v) is 3.42. The summed E-state index contributed by atoms with van der Waals surface area (Å²) >= 11 is 0. The van der Waals surface area contributed by atoms with Gasteiger partial charge >= 0.3 is 0 Å². The van der Waals surface area contributed by atoms with Gasteiger partial charge in [-0.05, 0) is 44.6 Å². The van der Waals surface area contributed by atoms with Gasteiger partial charge in [0.25, 0.3) is 0 Å². The SMILES string of the molecule is CCCC1CCN(C2CCC(N)(C(N)=O)C2)C1. The van der Waals surface area contributed by atoms with E-state index in [4.69, 9.17) is 11.5 Å². The summed E-state index contributed by atoms with van der Waals surface area (Å²) in [6, 6.07) is 0.481. The molecule has 0 aromatic heterocycles. The van der Waals surface area contributed by atoms with E-state index in [1.807, 2.05) is 0 Å². The average molecular weight is 239 g/mol. The van der Waals surface area contributed by atoms with E-state index in [0.29, 0.717) is 6.04 Å². The monoisotopic (exact) mass is 239 g/mol. The Labute approximate surface area is 104 Å². The van der Waals surface area contributed by atoms with Crippen LogP contribution in [0.4, 0.5) is 0 Å². The van der Waals surface area contributed by atoms with Crippen LogP contribution in [0.25, 0.3) is 0 Å². The van der Waals surface area contributed by atoms with Crippen molar-refractivity contribution in [2.24, 2.45) is 17.4 Å². The molecule has 3 unspecified atom stereocenters. The predicted octanol–water partition coefficient (Wildman–Crippen LogP) is 0.844. The first-order valence-corrected chi connectivity index (χ1v) is 6.88. The fraction of sp³-hybridized carbons (Fsp3) is 0.923. The maximum atomic E-state index is 11.3. The molecule has 2 rings (SSSR count). The van der Waals surface area contributed by atoms with E-state index in [9.17, 15) is 4.79 Å². The summed E-state index contributed by atoms with van der Waals surface area (Å²) in [5.41, 5.74) is 10.7. The lowest BCUT2D eigenvalue weighted by Crippen LogP contribution is -2.51. The maximum Gasteiger partial charge on any atom is 0.237 e. The van der Waals surface area contributed by atoms with Crippen molar-refractivity contribution in [2.75, 3.05) is 13.1 Å². The van der Waals surface area contributed by atoms with Crippen molar-refractivity contribution in [3.8, 4) is 0 Å². The maximum absolute atomic E-state index is 11.3. The first-order chi connectivity index (χ1) is 8.05. The fourth-order valence-electron chi connectivity index (χ4n) is 3.42. The average Bonchev–Trinajstić information content (AvgIpc) is 2.86. The highest BCUT2D eigenvalue weighted by molar-refractivity contribution is 5.84. The van der Waals surface area contributed by atoms with Gasteiger partial charge in [0.1, 0.15) is 0 Å². The van der Waals surface area contributed by atoms with Crippen LogP contribution < -0.4 is 11.5 Å². The summed E-state index contributed by atoms with van der Waals surface area (Å²) in [6.45, 7) is 4.60. The van der Waals surface area contributed by atoms with Crippen molar-refractivity contribution < 1.29 is 4.79 Å². The van der Waals surface area contributed by atoms with Crippen LogP contribution in [0, 0.1) is 5.92 Å². The van der Waals surface area contributed by atoms with Crippen molar-refractivity contribution in [1.29, 1.82) is 0 Å². The van der Waals surface area contributed by atoms with Gasteiger partial charge in [0, 0.05) is 12.6 Å². The lowest BCUT2D eigenvalue weighted by molar-refractivity contribution is -0.123. The zero-order chi connectivity index (χ0) is 12.5. The Morgan fingerprint density at radius 2 is 2.24 bits per heavy atom. The van der Waals surface area contributed by atoms with E-state index in [1.54, 1.807) is 0 Å². The number of carbonyl (C=O) groups is 1. The second kappa shape index (κ2) is 4.94. The highest BCUT2D eigenvalue weighted by Crippen LogP contribution is 2.34. The molecule has 1 aliphatic heterocycles. The molecule has 17 heavy (non-hydrogen) atoms. The van der Waals surface area contributed by atoms with Crippen molar-refractivity contribution in [1.82, 2.24) is 4.90 Å². The molecule has 1 saturated heterocycles. The van der Waals surface area contributed by atoms with Crippen LogP contribution in [0.15, 0.2) is 0 Å². The van der Waals surface area contributed by atoms with E-state index >= 15 is 0 Å². The molecule has 2 fully saturated rings. The molecule has 0 aromatic rings. The number of amides is 1. The molecule has 1 aliphatic carbocycles. The summed E-state index contributed by atoms with van der Waals surface area (Å²) in [5.74, 6) is 0.519. The first-order valence-electron chi connectivity index (χ1n) is 6.88. The molecule has 4 nitrogen and oxygen atoms in total. The molecular formula is C13H25N3O. The quantitative estimate of drug-likeness (QED) is 0.763. The Bertz CT molecular complexity index is 294. The summed E-state index contributed by atoms with van der Waals surface area (Å²) < 4.78 is 0. The normalized spacial score (nSPS) is 38.7. The molecule has 1 amide bonds. The third-order valence-corrected chi connectivity index (χ3v) is 4.54. The Hall–Kier alpha value is -0.610. The van der Waals surface area contributed by atoms with Crippen molar-refractivity contribution in [3.05, 3.63) is 0 Å². The Balaban J connectivity index is 1.88. The molecule has 1 saturated carbocycles. The van der Waals surface area contributed by atoms with Gasteiger partial charge in [-0.25, -0.2) is 0 Å². The van der Waals surface area contributed by atoms with Gasteiger partial charge in [0.05, 0.1) is 5.54 Å². The second-order valence-electron chi connectivity index (χ2n) is 5.86. The lowest BCUT2D eigenvalue weighted by Gasteiger charge is -2.26. The van der Waals surface area contributed by atoms with Gasteiger partial charge in [0.15, 0.2) is 0 Å². The van der Waals surface area contributed by atoms with Crippen molar-refractivity contribution in [3.63, 3.8) is 0 Å². The molecule has 2 aliphatic rings. The number of nitrogens with two attached hydrogens (primary N) is 2. The molecule has 0 radical (unpaired) electrons. The molecule has 1 heterocycles. The lowest BCUT2D eigenvalue weighted by atomic mass is 9.98. The minimum Gasteiger partial charge on any atom is -0.368 e. The summed E-state index contributed by atoms with van der Waals surface area (Å²) in [6.07, 6.45) is 6.43. The van der Waals surface area contributed by atoms with E-state index < -0.39 is 5.54 Å². The molecule has 3 atom stereocenters. The largest absolute Gasteiger partial charge is 0.368 e. The van der Waals surface area contributed by atoms with Crippen LogP contribution in [-0.4, -0.2) is 35.5 Å². The zero-order valence-electron chi connectivity index (χ0n) is 10.8. The Kier molecular flexibility index (Phi) is 3.73. The highest BCUT2D eigenvalue weighted by Gasteiger charge is 2.43. The molecule has 98 valence electrons. The van der Waals surface area contributed by atoms with Gasteiger partial charge < -0.3 is 16.4 Å². The van der Waals surface area contributed by atoms with E-state index in [0.717, 1.165) is 25.2 Å². The van der Waals surface area contributed by atoms with Gasteiger partial charge in [-0.3, -0.25) is 4.79 Å². The van der Waals surface area contributed by atoms with Crippen LogP contribution >= 0.6 is 0 Å². The number of likely N-dealkylation sites (tertiary alicyclic amines) is 1. The third-order valence-electron chi connectivity index (χ3n) is 4.54. The number of rotatable bonds is 4. The zero-order valence-corrected chi connectivity index (χ0v) is 10.8. The van der Waals surface area contributed by atoms with E-state index in [-0.39, 0.29) is 5.91 Å². The Morgan fingerprint density at radius 1 is 1.47 bits per heavy atom. The van der Waals surface area contributed by atoms with Crippen LogP contribution in [0.3, 0.4) is 0 Å². The number of primary amides is 1. The second-order valence-corrected chi connectivity index (χ2v) is 5.86. The molecule has 4 N–H and O–H groups in total. The van der Waals surface area contributed by atoms with Crippen LogP contribution in [0.1, 0.15) is 45.4 Å². The van der Waals surface area contributed by atoms with Gasteiger partial charge in [-0.1, -0.05) is 13.3 Å². The van der Waals surface area contributed by atoms with Crippen LogP contribution in [0.5, 0.6) is 0 Å². The minimum atomic E-state index is -0.743. The predicted molar refractivity (Wildman–Crippen MR) is 68.3 cm³/mol. The molecule has 0 aromatic carbocycles. The first kappa shape index (κ1) is 12.8. The molecule has 4 heteroatoms. The third kappa shape index (κ3) is 2.63. The van der Waals surface area contributed by atoms with Crippen molar-refractivity contribution >= 4 is 5.91 Å². The number of hydrogen-bond acceptors (Lipinski definition) is 3. The minimum absolute atomic E-state index is 0.329. The summed E-state index contributed by atoms with van der Waals surface area (Å²) in [7, 11) is 0. The Morgan fingerprint density at radius 3 is 2.82 bits per heavy atom. The van der Waals surface area contributed by atoms with Gasteiger partial charge in [-0.15, -0.1) is 0 Å².